The van der Waals surface area contributed by atoms with Crippen molar-refractivity contribution in [1.82, 2.24) is 14.5 Å². The van der Waals surface area contributed by atoms with Crippen LogP contribution in [0.1, 0.15) is 0 Å². The third kappa shape index (κ3) is 5.17. The zero-order valence-electron chi connectivity index (χ0n) is 29.7. The van der Waals surface area contributed by atoms with Crippen LogP contribution in [0.15, 0.2) is 194 Å². The fraction of sp³-hybridized carbons (Fsp3) is 0. The first kappa shape index (κ1) is 31.1. The van der Waals surface area contributed by atoms with Crippen LogP contribution in [-0.4, -0.2) is 14.5 Å². The lowest BCUT2D eigenvalue weighted by Crippen LogP contribution is -2.15. The van der Waals surface area contributed by atoms with Crippen LogP contribution in [0.5, 0.6) is 11.5 Å². The van der Waals surface area contributed by atoms with Crippen molar-refractivity contribution in [2.75, 3.05) is 4.90 Å². The SMILES string of the molecule is c1ccc(-c2cccc(N3c4ccccc4Oc4cc(-c5ccc6c(c5)c5ccccc5n6-c5nc(-c6ccccc6)c6ccccc6n5)ccc43)c2)cc1. The number of aromatic nitrogens is 3. The molecule has 3 heterocycles. The summed E-state index contributed by atoms with van der Waals surface area (Å²) < 4.78 is 8.84. The number of fused-ring (bicyclic) bond motifs is 6. The summed E-state index contributed by atoms with van der Waals surface area (Å²) >= 11 is 0. The maximum Gasteiger partial charge on any atom is 0.235 e. The Morgan fingerprint density at radius 3 is 1.89 bits per heavy atom. The topological polar surface area (TPSA) is 43.2 Å². The van der Waals surface area contributed by atoms with Gasteiger partial charge in [-0.1, -0.05) is 133 Å². The molecule has 0 atom stereocenters. The van der Waals surface area contributed by atoms with Crippen LogP contribution in [0.25, 0.3) is 72.2 Å². The molecule has 55 heavy (non-hydrogen) atoms. The van der Waals surface area contributed by atoms with Gasteiger partial charge in [0, 0.05) is 27.4 Å². The molecule has 0 aliphatic carbocycles. The molecule has 5 heteroatoms. The monoisotopic (exact) mass is 704 g/mol. The second-order valence-electron chi connectivity index (χ2n) is 13.8. The highest BCUT2D eigenvalue weighted by Gasteiger charge is 2.27. The summed E-state index contributed by atoms with van der Waals surface area (Å²) in [4.78, 5) is 12.7. The van der Waals surface area contributed by atoms with E-state index < -0.39 is 0 Å². The molecule has 0 N–H and O–H groups in total. The molecule has 0 amide bonds. The van der Waals surface area contributed by atoms with Gasteiger partial charge in [-0.2, -0.15) is 0 Å². The molecule has 8 aromatic carbocycles. The van der Waals surface area contributed by atoms with Crippen molar-refractivity contribution >= 4 is 49.8 Å². The van der Waals surface area contributed by atoms with Gasteiger partial charge in [0.25, 0.3) is 0 Å². The van der Waals surface area contributed by atoms with Gasteiger partial charge in [-0.3, -0.25) is 4.57 Å². The Balaban J connectivity index is 1.04. The lowest BCUT2D eigenvalue weighted by atomic mass is 10.0. The van der Waals surface area contributed by atoms with E-state index in [2.05, 4.69) is 173 Å². The van der Waals surface area contributed by atoms with Crippen LogP contribution >= 0.6 is 0 Å². The van der Waals surface area contributed by atoms with E-state index in [4.69, 9.17) is 14.7 Å². The standard InChI is InChI=1S/C50H32N4O/c1-3-14-33(15-4-1)35-18-13-19-38(30-35)53-45-24-11-12-25-47(45)55-48-32-37(27-29-46(48)53)36-26-28-44-41(31-36)39-20-8-10-23-43(39)54(44)50-51-42-22-9-7-21-40(42)49(52-50)34-16-5-2-6-17-34/h1-32H. The van der Waals surface area contributed by atoms with Crippen LogP contribution in [-0.2, 0) is 0 Å². The predicted molar refractivity (Wildman–Crippen MR) is 225 cm³/mol. The molecule has 1 aliphatic rings. The largest absolute Gasteiger partial charge is 0.453 e. The summed E-state index contributed by atoms with van der Waals surface area (Å²) in [6.07, 6.45) is 0. The van der Waals surface area contributed by atoms with Gasteiger partial charge < -0.3 is 9.64 Å². The number of hydrogen-bond acceptors (Lipinski definition) is 4. The van der Waals surface area contributed by atoms with Crippen LogP contribution in [0.4, 0.5) is 17.1 Å². The number of ether oxygens (including phenoxy) is 1. The molecule has 0 bridgehead atoms. The average Bonchev–Trinajstić information content (AvgIpc) is 3.59. The molecule has 11 rings (SSSR count). The second kappa shape index (κ2) is 12.6. The first-order valence-electron chi connectivity index (χ1n) is 18.5. The normalized spacial score (nSPS) is 12.1. The molecule has 0 saturated carbocycles. The first-order chi connectivity index (χ1) is 27.3. The minimum Gasteiger partial charge on any atom is -0.453 e. The molecule has 0 unspecified atom stereocenters. The van der Waals surface area contributed by atoms with Gasteiger partial charge in [0.2, 0.25) is 5.95 Å². The second-order valence-corrected chi connectivity index (χ2v) is 13.8. The Bertz CT molecular complexity index is 3080. The Kier molecular flexibility index (Phi) is 7.10. The molecule has 0 spiro atoms. The van der Waals surface area contributed by atoms with Gasteiger partial charge in [-0.15, -0.1) is 0 Å². The van der Waals surface area contributed by atoms with E-state index in [1.54, 1.807) is 0 Å². The van der Waals surface area contributed by atoms with Crippen LogP contribution in [0.3, 0.4) is 0 Å². The molecule has 0 saturated heterocycles. The Hall–Kier alpha value is -7.50. The smallest absolute Gasteiger partial charge is 0.235 e. The number of hydrogen-bond donors (Lipinski definition) is 0. The number of para-hydroxylation sites is 4. The predicted octanol–water partition coefficient (Wildman–Crippen LogP) is 13.3. The number of anilines is 3. The van der Waals surface area contributed by atoms with E-state index in [9.17, 15) is 0 Å². The summed E-state index contributed by atoms with van der Waals surface area (Å²) in [7, 11) is 0. The summed E-state index contributed by atoms with van der Waals surface area (Å²) in [5.74, 6) is 2.27. The van der Waals surface area contributed by atoms with E-state index in [0.717, 1.165) is 89.2 Å². The van der Waals surface area contributed by atoms with E-state index in [-0.39, 0.29) is 0 Å². The van der Waals surface area contributed by atoms with E-state index >= 15 is 0 Å². The Morgan fingerprint density at radius 2 is 1.02 bits per heavy atom. The molecule has 258 valence electrons. The molecule has 5 nitrogen and oxygen atoms in total. The lowest BCUT2D eigenvalue weighted by molar-refractivity contribution is 0.477. The zero-order chi connectivity index (χ0) is 36.3. The van der Waals surface area contributed by atoms with Crippen molar-refractivity contribution in [3.8, 4) is 51.0 Å². The molecular weight excluding hydrogens is 673 g/mol. The van der Waals surface area contributed by atoms with Gasteiger partial charge in [0.1, 0.15) is 0 Å². The van der Waals surface area contributed by atoms with Crippen molar-refractivity contribution in [3.05, 3.63) is 194 Å². The van der Waals surface area contributed by atoms with Crippen LogP contribution in [0, 0.1) is 0 Å². The summed E-state index contributed by atoms with van der Waals surface area (Å²) in [5.41, 5.74) is 12.6. The number of nitrogens with zero attached hydrogens (tertiary/aromatic N) is 4. The molecule has 0 fully saturated rings. The number of rotatable bonds is 5. The van der Waals surface area contributed by atoms with Gasteiger partial charge in [0.15, 0.2) is 11.5 Å². The summed E-state index contributed by atoms with van der Waals surface area (Å²) in [6, 6.07) is 67.8. The molecule has 2 aromatic heterocycles. The third-order valence-corrected chi connectivity index (χ3v) is 10.6. The zero-order valence-corrected chi connectivity index (χ0v) is 29.7. The minimum atomic E-state index is 0.647. The lowest BCUT2D eigenvalue weighted by Gasteiger charge is -2.33. The molecular formula is C50H32N4O. The van der Waals surface area contributed by atoms with Crippen molar-refractivity contribution < 1.29 is 4.74 Å². The fourth-order valence-electron chi connectivity index (χ4n) is 8.02. The minimum absolute atomic E-state index is 0.647. The highest BCUT2D eigenvalue weighted by atomic mass is 16.5. The summed E-state index contributed by atoms with van der Waals surface area (Å²) in [5, 5.41) is 3.31. The van der Waals surface area contributed by atoms with E-state index in [1.165, 1.54) is 5.56 Å². The van der Waals surface area contributed by atoms with Gasteiger partial charge in [-0.05, 0) is 82.9 Å². The van der Waals surface area contributed by atoms with Crippen molar-refractivity contribution in [3.63, 3.8) is 0 Å². The highest BCUT2D eigenvalue weighted by molar-refractivity contribution is 6.10. The highest BCUT2D eigenvalue weighted by Crippen LogP contribution is 2.51. The fourth-order valence-corrected chi connectivity index (χ4v) is 8.02. The van der Waals surface area contributed by atoms with E-state index in [1.807, 2.05) is 30.3 Å². The van der Waals surface area contributed by atoms with Crippen molar-refractivity contribution in [2.45, 2.75) is 0 Å². The van der Waals surface area contributed by atoms with Crippen LogP contribution < -0.4 is 9.64 Å². The molecule has 10 aromatic rings. The molecule has 1 aliphatic heterocycles. The van der Waals surface area contributed by atoms with Crippen LogP contribution in [0.2, 0.25) is 0 Å². The van der Waals surface area contributed by atoms with Gasteiger partial charge in [0.05, 0.1) is 33.6 Å². The first-order valence-corrected chi connectivity index (χ1v) is 18.5. The average molecular weight is 705 g/mol. The maximum atomic E-state index is 6.65. The third-order valence-electron chi connectivity index (χ3n) is 10.6. The molecule has 0 radical (unpaired) electrons. The van der Waals surface area contributed by atoms with Gasteiger partial charge >= 0.3 is 0 Å². The van der Waals surface area contributed by atoms with Crippen molar-refractivity contribution in [1.29, 1.82) is 0 Å². The maximum absolute atomic E-state index is 6.65. The Labute approximate surface area is 318 Å². The van der Waals surface area contributed by atoms with Crippen molar-refractivity contribution in [2.24, 2.45) is 0 Å². The Morgan fingerprint density at radius 1 is 0.382 bits per heavy atom. The quantitative estimate of drug-likeness (QED) is 0.179. The number of benzene rings is 8. The van der Waals surface area contributed by atoms with Gasteiger partial charge in [-0.25, -0.2) is 9.97 Å². The summed E-state index contributed by atoms with van der Waals surface area (Å²) in [6.45, 7) is 0. The van der Waals surface area contributed by atoms with E-state index in [0.29, 0.717) is 5.95 Å².